The van der Waals surface area contributed by atoms with Crippen molar-refractivity contribution in [2.24, 2.45) is 5.73 Å². The lowest BCUT2D eigenvalue weighted by molar-refractivity contribution is 0.0347. The smallest absolute Gasteiger partial charge is 0.0764 e. The Labute approximate surface area is 50.7 Å². The van der Waals surface area contributed by atoms with Crippen LogP contribution in [0.1, 0.15) is 27.2 Å². The van der Waals surface area contributed by atoms with Gasteiger partial charge in [0.2, 0.25) is 0 Å². The van der Waals surface area contributed by atoms with Gasteiger partial charge in [0.25, 0.3) is 0 Å². The third-order valence-corrected chi connectivity index (χ3v) is 1.70. The van der Waals surface area contributed by atoms with Gasteiger partial charge >= 0.3 is 0 Å². The molecule has 50 valence electrons. The summed E-state index contributed by atoms with van der Waals surface area (Å²) in [6.45, 7) is 5.48. The van der Waals surface area contributed by atoms with Crippen LogP contribution in [-0.4, -0.2) is 16.7 Å². The van der Waals surface area contributed by atoms with E-state index in [1.54, 1.807) is 6.92 Å². The summed E-state index contributed by atoms with van der Waals surface area (Å²) < 4.78 is 0. The van der Waals surface area contributed by atoms with Crippen molar-refractivity contribution in [3.8, 4) is 0 Å². The lowest BCUT2D eigenvalue weighted by atomic mass is 9.96. The van der Waals surface area contributed by atoms with Gasteiger partial charge in [-0.2, -0.15) is 0 Å². The fourth-order valence-electron chi connectivity index (χ4n) is 0.322. The van der Waals surface area contributed by atoms with Crippen LogP contribution in [0.3, 0.4) is 0 Å². The number of hydrogen-bond donors (Lipinski definition) is 2. The molecule has 2 heteroatoms. The van der Waals surface area contributed by atoms with Crippen LogP contribution in [0, 0.1) is 0 Å². The minimum atomic E-state index is -0.681. The topological polar surface area (TPSA) is 46.2 Å². The van der Waals surface area contributed by atoms with Crippen molar-refractivity contribution < 1.29 is 5.11 Å². The molecule has 2 atom stereocenters. The van der Waals surface area contributed by atoms with E-state index in [1.807, 2.05) is 13.8 Å². The van der Waals surface area contributed by atoms with Crippen LogP contribution in [0.15, 0.2) is 0 Å². The van der Waals surface area contributed by atoms with Crippen LogP contribution >= 0.6 is 0 Å². The standard InChI is InChI=1S/C6H15NO/c1-4-6(3,8)5(2)7/h5,8H,4,7H2,1-3H3/t5-,6-/m1/s1. The van der Waals surface area contributed by atoms with Crippen molar-refractivity contribution in [1.82, 2.24) is 0 Å². The predicted octanol–water partition coefficient (Wildman–Crippen LogP) is 0.495. The highest BCUT2D eigenvalue weighted by molar-refractivity contribution is 4.79. The summed E-state index contributed by atoms with van der Waals surface area (Å²) in [7, 11) is 0. The molecule has 0 aliphatic rings. The molecule has 0 rings (SSSR count). The van der Waals surface area contributed by atoms with Gasteiger partial charge in [0, 0.05) is 6.04 Å². The minimum Gasteiger partial charge on any atom is -0.389 e. The third-order valence-electron chi connectivity index (χ3n) is 1.70. The normalized spacial score (nSPS) is 22.1. The maximum atomic E-state index is 9.28. The molecular formula is C6H15NO. The van der Waals surface area contributed by atoms with Gasteiger partial charge in [0.15, 0.2) is 0 Å². The predicted molar refractivity (Wildman–Crippen MR) is 34.6 cm³/mol. The molecule has 0 fully saturated rings. The van der Waals surface area contributed by atoms with E-state index < -0.39 is 5.60 Å². The molecule has 0 saturated heterocycles. The van der Waals surface area contributed by atoms with Crippen molar-refractivity contribution in [2.75, 3.05) is 0 Å². The first-order valence-corrected chi connectivity index (χ1v) is 2.98. The second-order valence-corrected chi connectivity index (χ2v) is 2.50. The van der Waals surface area contributed by atoms with Crippen LogP contribution in [0.4, 0.5) is 0 Å². The lowest BCUT2D eigenvalue weighted by Crippen LogP contribution is -2.42. The van der Waals surface area contributed by atoms with Crippen LogP contribution in [0.25, 0.3) is 0 Å². The molecule has 3 N–H and O–H groups in total. The molecule has 0 heterocycles. The van der Waals surface area contributed by atoms with E-state index >= 15 is 0 Å². The molecule has 2 nitrogen and oxygen atoms in total. The van der Waals surface area contributed by atoms with Crippen molar-refractivity contribution in [2.45, 2.75) is 38.8 Å². The largest absolute Gasteiger partial charge is 0.389 e. The van der Waals surface area contributed by atoms with Gasteiger partial charge in [-0.3, -0.25) is 0 Å². The van der Waals surface area contributed by atoms with Crippen molar-refractivity contribution in [3.05, 3.63) is 0 Å². The Morgan fingerprint density at radius 1 is 1.75 bits per heavy atom. The van der Waals surface area contributed by atoms with Crippen LogP contribution in [0.2, 0.25) is 0 Å². The quantitative estimate of drug-likeness (QED) is 0.553. The zero-order valence-electron chi connectivity index (χ0n) is 5.81. The molecule has 0 spiro atoms. The Morgan fingerprint density at radius 3 is 2.12 bits per heavy atom. The zero-order valence-corrected chi connectivity index (χ0v) is 5.81. The summed E-state index contributed by atoms with van der Waals surface area (Å²) in [4.78, 5) is 0. The number of hydrogen-bond acceptors (Lipinski definition) is 2. The molecule has 0 aromatic carbocycles. The number of nitrogens with two attached hydrogens (primary N) is 1. The van der Waals surface area contributed by atoms with Gasteiger partial charge in [-0.1, -0.05) is 6.92 Å². The van der Waals surface area contributed by atoms with E-state index in [1.165, 1.54) is 0 Å². The maximum Gasteiger partial charge on any atom is 0.0764 e. The van der Waals surface area contributed by atoms with Crippen molar-refractivity contribution in [3.63, 3.8) is 0 Å². The number of aliphatic hydroxyl groups is 1. The fourth-order valence-corrected chi connectivity index (χ4v) is 0.322. The van der Waals surface area contributed by atoms with Crippen molar-refractivity contribution in [1.29, 1.82) is 0 Å². The first-order valence-electron chi connectivity index (χ1n) is 2.98. The lowest BCUT2D eigenvalue weighted by Gasteiger charge is -2.25. The second kappa shape index (κ2) is 2.46. The van der Waals surface area contributed by atoms with E-state index in [0.29, 0.717) is 6.42 Å². The highest BCUT2D eigenvalue weighted by Crippen LogP contribution is 2.10. The molecule has 0 unspecified atom stereocenters. The SMILES string of the molecule is CC[C@@](C)(O)[C@@H](C)N. The Hall–Kier alpha value is -0.0800. The molecule has 0 aliphatic heterocycles. The highest BCUT2D eigenvalue weighted by atomic mass is 16.3. The van der Waals surface area contributed by atoms with Gasteiger partial charge < -0.3 is 10.8 Å². The van der Waals surface area contributed by atoms with Crippen LogP contribution in [0.5, 0.6) is 0 Å². The summed E-state index contributed by atoms with van der Waals surface area (Å²) in [5, 5.41) is 9.28. The minimum absolute atomic E-state index is 0.132. The maximum absolute atomic E-state index is 9.28. The molecule has 0 saturated carbocycles. The van der Waals surface area contributed by atoms with Gasteiger partial charge in [-0.05, 0) is 20.3 Å². The molecule has 0 amide bonds. The Morgan fingerprint density at radius 2 is 2.12 bits per heavy atom. The van der Waals surface area contributed by atoms with Crippen LogP contribution in [-0.2, 0) is 0 Å². The summed E-state index contributed by atoms with van der Waals surface area (Å²) >= 11 is 0. The van der Waals surface area contributed by atoms with E-state index in [-0.39, 0.29) is 6.04 Å². The third kappa shape index (κ3) is 1.80. The monoisotopic (exact) mass is 117 g/mol. The molecular weight excluding hydrogens is 102 g/mol. The van der Waals surface area contributed by atoms with E-state index in [2.05, 4.69) is 0 Å². The second-order valence-electron chi connectivity index (χ2n) is 2.50. The zero-order chi connectivity index (χ0) is 6.78. The van der Waals surface area contributed by atoms with Gasteiger partial charge in [0.05, 0.1) is 5.60 Å². The first kappa shape index (κ1) is 7.92. The average Bonchev–Trinajstić information content (AvgIpc) is 1.67. The molecule has 8 heavy (non-hydrogen) atoms. The van der Waals surface area contributed by atoms with Crippen LogP contribution < -0.4 is 5.73 Å². The molecule has 0 aliphatic carbocycles. The molecule has 0 bridgehead atoms. The molecule has 0 aromatic heterocycles. The highest BCUT2D eigenvalue weighted by Gasteiger charge is 2.21. The average molecular weight is 117 g/mol. The van der Waals surface area contributed by atoms with E-state index in [0.717, 1.165) is 0 Å². The molecule has 0 radical (unpaired) electrons. The summed E-state index contributed by atoms with van der Waals surface area (Å²) in [5.41, 5.74) is 4.75. The Balaban J connectivity index is 3.71. The van der Waals surface area contributed by atoms with Gasteiger partial charge in [0.1, 0.15) is 0 Å². The van der Waals surface area contributed by atoms with E-state index in [4.69, 9.17) is 5.73 Å². The Bertz CT molecular complexity index is 68.9. The fraction of sp³-hybridized carbons (Fsp3) is 1.00. The number of rotatable bonds is 2. The van der Waals surface area contributed by atoms with Crippen molar-refractivity contribution >= 4 is 0 Å². The molecule has 0 aromatic rings. The summed E-state index contributed by atoms with van der Waals surface area (Å²) in [6, 6.07) is -0.132. The van der Waals surface area contributed by atoms with Gasteiger partial charge in [-0.25, -0.2) is 0 Å². The summed E-state index contributed by atoms with van der Waals surface area (Å²) in [6.07, 6.45) is 0.713. The Kier molecular flexibility index (Phi) is 2.44. The van der Waals surface area contributed by atoms with E-state index in [9.17, 15) is 5.11 Å². The summed E-state index contributed by atoms with van der Waals surface area (Å²) in [5.74, 6) is 0. The van der Waals surface area contributed by atoms with Gasteiger partial charge in [-0.15, -0.1) is 0 Å². The first-order chi connectivity index (χ1) is 3.50.